The van der Waals surface area contributed by atoms with Gasteiger partial charge in [-0.25, -0.2) is 4.98 Å². The minimum absolute atomic E-state index is 0.0337. The quantitative estimate of drug-likeness (QED) is 0.756. The number of ether oxygens (including phenoxy) is 1. The van der Waals surface area contributed by atoms with E-state index in [2.05, 4.69) is 4.98 Å². The summed E-state index contributed by atoms with van der Waals surface area (Å²) >= 11 is 1.45. The zero-order valence-corrected chi connectivity index (χ0v) is 10.8. The maximum Gasteiger partial charge on any atom is 0.282 e. The largest absolute Gasteiger partial charge is 0.378 e. The maximum atomic E-state index is 11.8. The Kier molecular flexibility index (Phi) is 5.42. The molecular weight excluding hydrogens is 224 g/mol. The zero-order valence-electron chi connectivity index (χ0n) is 10.0. The normalized spacial score (nSPS) is 15.3. The second-order valence-corrected chi connectivity index (χ2v) is 4.42. The first-order chi connectivity index (χ1) is 7.77. The number of thiazole rings is 1. The van der Waals surface area contributed by atoms with Crippen molar-refractivity contribution in [2.45, 2.75) is 20.8 Å². The average Bonchev–Trinajstić information content (AvgIpc) is 2.79. The summed E-state index contributed by atoms with van der Waals surface area (Å²) in [5.74, 6) is 0.0337. The summed E-state index contributed by atoms with van der Waals surface area (Å²) in [6.07, 6.45) is 1.73. The predicted octanol–water partition coefficient (Wildman–Crippen LogP) is 1.95. The highest BCUT2D eigenvalue weighted by Gasteiger charge is 2.20. The Balaban J connectivity index is 0.000000606. The van der Waals surface area contributed by atoms with E-state index in [-0.39, 0.29) is 5.91 Å². The number of carbonyl (C=O) groups is 1. The van der Waals surface area contributed by atoms with E-state index in [1.54, 1.807) is 11.1 Å². The van der Waals surface area contributed by atoms with Gasteiger partial charge in [0.15, 0.2) is 5.01 Å². The third kappa shape index (κ3) is 3.28. The Hall–Kier alpha value is -0.940. The van der Waals surface area contributed by atoms with Crippen molar-refractivity contribution in [1.82, 2.24) is 9.88 Å². The highest BCUT2D eigenvalue weighted by Crippen LogP contribution is 2.14. The van der Waals surface area contributed by atoms with E-state index in [9.17, 15) is 4.79 Å². The molecule has 1 fully saturated rings. The van der Waals surface area contributed by atoms with E-state index in [1.807, 2.05) is 20.8 Å². The molecule has 0 aliphatic carbocycles. The van der Waals surface area contributed by atoms with Crippen LogP contribution < -0.4 is 0 Å². The average molecular weight is 242 g/mol. The van der Waals surface area contributed by atoms with Crippen molar-refractivity contribution in [2.75, 3.05) is 26.3 Å². The molecule has 4 nitrogen and oxygen atoms in total. The molecule has 16 heavy (non-hydrogen) atoms. The van der Waals surface area contributed by atoms with Gasteiger partial charge in [-0.05, 0) is 6.92 Å². The van der Waals surface area contributed by atoms with Crippen LogP contribution in [-0.4, -0.2) is 42.1 Å². The standard InChI is InChI=1S/C9H12N2O2S.C2H6/c1-7-6-10-8(14-7)9(12)11-2-4-13-5-3-11;1-2/h6H,2-5H2,1H3;1-2H3. The van der Waals surface area contributed by atoms with Gasteiger partial charge in [0.25, 0.3) is 5.91 Å². The molecule has 0 aromatic carbocycles. The second kappa shape index (κ2) is 6.60. The van der Waals surface area contributed by atoms with Crippen molar-refractivity contribution >= 4 is 17.2 Å². The van der Waals surface area contributed by atoms with Crippen molar-refractivity contribution in [1.29, 1.82) is 0 Å². The third-order valence-electron chi connectivity index (χ3n) is 2.10. The monoisotopic (exact) mass is 242 g/mol. The lowest BCUT2D eigenvalue weighted by Crippen LogP contribution is -2.40. The summed E-state index contributed by atoms with van der Waals surface area (Å²) in [6, 6.07) is 0. The first-order valence-corrected chi connectivity index (χ1v) is 6.38. The molecule has 2 heterocycles. The highest BCUT2D eigenvalue weighted by atomic mass is 32.1. The van der Waals surface area contributed by atoms with Gasteiger partial charge in [0, 0.05) is 24.2 Å². The van der Waals surface area contributed by atoms with Gasteiger partial charge >= 0.3 is 0 Å². The van der Waals surface area contributed by atoms with E-state index in [1.165, 1.54) is 11.3 Å². The molecule has 0 N–H and O–H groups in total. The Bertz CT molecular complexity index is 332. The summed E-state index contributed by atoms with van der Waals surface area (Å²) in [5, 5.41) is 0.587. The molecule has 1 amide bonds. The number of amides is 1. The Morgan fingerprint density at radius 3 is 2.56 bits per heavy atom. The van der Waals surface area contributed by atoms with Crippen molar-refractivity contribution in [3.63, 3.8) is 0 Å². The molecule has 0 spiro atoms. The van der Waals surface area contributed by atoms with E-state index < -0.39 is 0 Å². The number of aryl methyl sites for hydroxylation is 1. The molecule has 1 aromatic heterocycles. The zero-order chi connectivity index (χ0) is 12.0. The van der Waals surface area contributed by atoms with E-state index in [4.69, 9.17) is 4.74 Å². The van der Waals surface area contributed by atoms with Crippen LogP contribution in [0.15, 0.2) is 6.20 Å². The number of hydrogen-bond donors (Lipinski definition) is 0. The lowest BCUT2D eigenvalue weighted by Gasteiger charge is -2.25. The topological polar surface area (TPSA) is 42.4 Å². The van der Waals surface area contributed by atoms with Crippen LogP contribution in [0.5, 0.6) is 0 Å². The van der Waals surface area contributed by atoms with Crippen molar-refractivity contribution in [3.8, 4) is 0 Å². The van der Waals surface area contributed by atoms with Crippen LogP contribution in [0.4, 0.5) is 0 Å². The van der Waals surface area contributed by atoms with E-state index >= 15 is 0 Å². The number of morpholine rings is 1. The SMILES string of the molecule is CC.Cc1cnc(C(=O)N2CCOCC2)s1. The van der Waals surface area contributed by atoms with Crippen LogP contribution in [0, 0.1) is 6.92 Å². The molecule has 1 aliphatic heterocycles. The van der Waals surface area contributed by atoms with Gasteiger partial charge in [0.2, 0.25) is 0 Å². The van der Waals surface area contributed by atoms with Crippen molar-refractivity contribution < 1.29 is 9.53 Å². The van der Waals surface area contributed by atoms with Gasteiger partial charge in [0.1, 0.15) is 0 Å². The molecule has 1 aliphatic rings. The smallest absolute Gasteiger partial charge is 0.282 e. The summed E-state index contributed by atoms with van der Waals surface area (Å²) in [7, 11) is 0. The number of aromatic nitrogens is 1. The first kappa shape index (κ1) is 13.1. The second-order valence-electron chi connectivity index (χ2n) is 3.18. The van der Waals surface area contributed by atoms with Crippen molar-refractivity contribution in [2.24, 2.45) is 0 Å². The van der Waals surface area contributed by atoms with Crippen LogP contribution >= 0.6 is 11.3 Å². The maximum absolute atomic E-state index is 11.8. The number of hydrogen-bond acceptors (Lipinski definition) is 4. The molecule has 1 aromatic rings. The summed E-state index contributed by atoms with van der Waals surface area (Å²) in [5.41, 5.74) is 0. The van der Waals surface area contributed by atoms with E-state index in [0.717, 1.165) is 4.88 Å². The minimum Gasteiger partial charge on any atom is -0.378 e. The molecule has 0 radical (unpaired) electrons. The molecule has 5 heteroatoms. The van der Waals surface area contributed by atoms with Gasteiger partial charge in [-0.3, -0.25) is 4.79 Å². The third-order valence-corrected chi connectivity index (χ3v) is 3.00. The summed E-state index contributed by atoms with van der Waals surface area (Å²) in [6.45, 7) is 8.58. The van der Waals surface area contributed by atoms with Gasteiger partial charge in [-0.15, -0.1) is 11.3 Å². The van der Waals surface area contributed by atoms with Gasteiger partial charge in [-0.1, -0.05) is 13.8 Å². The molecule has 0 bridgehead atoms. The van der Waals surface area contributed by atoms with Gasteiger partial charge in [-0.2, -0.15) is 0 Å². The Labute approximate surface area is 100 Å². The lowest BCUT2D eigenvalue weighted by atomic mass is 10.4. The number of rotatable bonds is 1. The number of nitrogens with zero attached hydrogens (tertiary/aromatic N) is 2. The molecule has 1 saturated heterocycles. The van der Waals surface area contributed by atoms with Crippen LogP contribution in [0.3, 0.4) is 0 Å². The fourth-order valence-electron chi connectivity index (χ4n) is 1.36. The van der Waals surface area contributed by atoms with Crippen LogP contribution in [0.2, 0.25) is 0 Å². The molecule has 0 unspecified atom stereocenters. The van der Waals surface area contributed by atoms with Gasteiger partial charge < -0.3 is 9.64 Å². The summed E-state index contributed by atoms with van der Waals surface area (Å²) in [4.78, 5) is 18.8. The Morgan fingerprint density at radius 2 is 2.06 bits per heavy atom. The van der Waals surface area contributed by atoms with Gasteiger partial charge in [0.05, 0.1) is 13.2 Å². The molecule has 2 rings (SSSR count). The van der Waals surface area contributed by atoms with Crippen molar-refractivity contribution in [3.05, 3.63) is 16.1 Å². The fraction of sp³-hybridized carbons (Fsp3) is 0.636. The van der Waals surface area contributed by atoms with Crippen LogP contribution in [-0.2, 0) is 4.74 Å². The van der Waals surface area contributed by atoms with Crippen LogP contribution in [0.1, 0.15) is 28.5 Å². The van der Waals surface area contributed by atoms with Crippen LogP contribution in [0.25, 0.3) is 0 Å². The van der Waals surface area contributed by atoms with E-state index in [0.29, 0.717) is 31.3 Å². The number of carbonyl (C=O) groups excluding carboxylic acids is 1. The Morgan fingerprint density at radius 1 is 1.44 bits per heavy atom. The molecule has 0 atom stereocenters. The predicted molar refractivity (Wildman–Crippen MR) is 64.9 cm³/mol. The fourth-order valence-corrected chi connectivity index (χ4v) is 2.09. The lowest BCUT2D eigenvalue weighted by molar-refractivity contribution is 0.0302. The summed E-state index contributed by atoms with van der Waals surface area (Å²) < 4.78 is 5.18. The molecule has 0 saturated carbocycles. The highest BCUT2D eigenvalue weighted by molar-refractivity contribution is 7.13. The minimum atomic E-state index is 0.0337. The first-order valence-electron chi connectivity index (χ1n) is 5.57. The molecular formula is C11H18N2O2S. The molecule has 90 valence electrons.